The molecule has 4 rings (SSSR count). The van der Waals surface area contributed by atoms with E-state index in [4.69, 9.17) is 10.8 Å². The molecule has 2 N–H and O–H groups in total. The van der Waals surface area contributed by atoms with Gasteiger partial charge in [-0.05, 0) is 38.1 Å². The van der Waals surface area contributed by atoms with Crippen LogP contribution in [-0.2, 0) is 0 Å². The molecular weight excluding hydrogens is 282 g/mol. The summed E-state index contributed by atoms with van der Waals surface area (Å²) >= 11 is 1.72. The molecule has 0 aromatic carbocycles. The van der Waals surface area contributed by atoms with Crippen LogP contribution in [0, 0.1) is 5.92 Å². The van der Waals surface area contributed by atoms with Crippen LogP contribution in [0.5, 0.6) is 0 Å². The fourth-order valence-corrected chi connectivity index (χ4v) is 5.13. The molecule has 2 aromatic rings. The third kappa shape index (κ3) is 2.38. The molecule has 0 amide bonds. The Labute approximate surface area is 128 Å². The highest BCUT2D eigenvalue weighted by Gasteiger charge is 2.31. The highest BCUT2D eigenvalue weighted by atomic mass is 32.1. The van der Waals surface area contributed by atoms with Gasteiger partial charge in [0.25, 0.3) is 0 Å². The minimum atomic E-state index is 0.543. The van der Waals surface area contributed by atoms with Crippen LogP contribution in [-0.4, -0.2) is 26.4 Å². The van der Waals surface area contributed by atoms with Gasteiger partial charge in [0.15, 0.2) is 5.82 Å². The smallest absolute Gasteiger partial charge is 0.234 e. The molecule has 0 radical (unpaired) electrons. The maximum absolute atomic E-state index is 5.92. The van der Waals surface area contributed by atoms with Gasteiger partial charge < -0.3 is 5.73 Å². The predicted molar refractivity (Wildman–Crippen MR) is 83.6 cm³/mol. The van der Waals surface area contributed by atoms with E-state index < -0.39 is 0 Å². The molecular formula is C15H23N5S. The van der Waals surface area contributed by atoms with Crippen molar-refractivity contribution in [2.75, 3.05) is 6.54 Å². The van der Waals surface area contributed by atoms with Crippen LogP contribution in [0.25, 0.3) is 4.96 Å². The molecule has 0 aliphatic heterocycles. The van der Waals surface area contributed by atoms with Crippen molar-refractivity contribution in [2.45, 2.75) is 63.2 Å². The number of aromatic nitrogens is 4. The Kier molecular flexibility index (Phi) is 3.67. The van der Waals surface area contributed by atoms with E-state index in [-0.39, 0.29) is 0 Å². The summed E-state index contributed by atoms with van der Waals surface area (Å²) in [5.41, 5.74) is 5.92. The van der Waals surface area contributed by atoms with Gasteiger partial charge in [0.1, 0.15) is 5.01 Å². The first-order valence-electron chi connectivity index (χ1n) is 8.29. The fraction of sp³-hybridized carbons (Fsp3) is 0.800. The largest absolute Gasteiger partial charge is 0.330 e. The van der Waals surface area contributed by atoms with Crippen molar-refractivity contribution in [3.8, 4) is 0 Å². The topological polar surface area (TPSA) is 69.1 Å². The Morgan fingerprint density at radius 3 is 2.71 bits per heavy atom. The van der Waals surface area contributed by atoms with Crippen molar-refractivity contribution in [1.29, 1.82) is 0 Å². The highest BCUT2D eigenvalue weighted by Crippen LogP contribution is 2.41. The first kappa shape index (κ1) is 13.6. The van der Waals surface area contributed by atoms with Crippen LogP contribution in [0.4, 0.5) is 0 Å². The van der Waals surface area contributed by atoms with E-state index in [1.54, 1.807) is 11.3 Å². The second kappa shape index (κ2) is 5.65. The standard InChI is InChI=1S/C15H23N5S/c16-9-11-7-4-8-12(11)14-19-20-13(17-18-15(20)21-14)10-5-2-1-3-6-10/h10-12H,1-9,16H2. The summed E-state index contributed by atoms with van der Waals surface area (Å²) in [6.07, 6.45) is 10.2. The van der Waals surface area contributed by atoms with E-state index in [9.17, 15) is 0 Å². The SMILES string of the molecule is NCC1CCCC1c1nn2c(C3CCCCC3)nnc2s1. The van der Waals surface area contributed by atoms with Gasteiger partial charge in [-0.2, -0.15) is 9.61 Å². The van der Waals surface area contributed by atoms with Crippen molar-refractivity contribution in [2.24, 2.45) is 11.7 Å². The van der Waals surface area contributed by atoms with E-state index in [0.29, 0.717) is 17.8 Å². The van der Waals surface area contributed by atoms with Gasteiger partial charge in [0.2, 0.25) is 4.96 Å². The number of nitrogens with zero attached hydrogens (tertiary/aromatic N) is 4. The van der Waals surface area contributed by atoms with Crippen molar-refractivity contribution >= 4 is 16.3 Å². The van der Waals surface area contributed by atoms with Crippen LogP contribution in [0.15, 0.2) is 0 Å². The molecule has 2 aliphatic carbocycles. The summed E-state index contributed by atoms with van der Waals surface area (Å²) in [7, 11) is 0. The summed E-state index contributed by atoms with van der Waals surface area (Å²) in [4.78, 5) is 0.966. The number of rotatable bonds is 3. The summed E-state index contributed by atoms with van der Waals surface area (Å²) in [5.74, 6) is 2.79. The molecule has 0 saturated heterocycles. The summed E-state index contributed by atoms with van der Waals surface area (Å²) in [5, 5.41) is 14.9. The Hall–Kier alpha value is -1.01. The minimum absolute atomic E-state index is 0.543. The Bertz CT molecular complexity index is 613. The van der Waals surface area contributed by atoms with E-state index in [2.05, 4.69) is 10.2 Å². The van der Waals surface area contributed by atoms with Crippen LogP contribution < -0.4 is 5.73 Å². The van der Waals surface area contributed by atoms with Gasteiger partial charge in [-0.15, -0.1) is 10.2 Å². The predicted octanol–water partition coefficient (Wildman–Crippen LogP) is 3.08. The molecule has 2 saturated carbocycles. The van der Waals surface area contributed by atoms with Crippen LogP contribution in [0.3, 0.4) is 0 Å². The summed E-state index contributed by atoms with van der Waals surface area (Å²) in [6, 6.07) is 0. The van der Waals surface area contributed by atoms with Crippen molar-refractivity contribution < 1.29 is 0 Å². The lowest BCUT2D eigenvalue weighted by Crippen LogP contribution is -2.17. The summed E-state index contributed by atoms with van der Waals surface area (Å²) < 4.78 is 2.03. The first-order chi connectivity index (χ1) is 10.4. The van der Waals surface area contributed by atoms with Gasteiger partial charge in [-0.3, -0.25) is 0 Å². The van der Waals surface area contributed by atoms with Gasteiger partial charge in [-0.1, -0.05) is 37.0 Å². The fourth-order valence-electron chi connectivity index (χ4n) is 4.06. The van der Waals surface area contributed by atoms with Crippen molar-refractivity contribution in [3.05, 3.63) is 10.8 Å². The van der Waals surface area contributed by atoms with Gasteiger partial charge >= 0.3 is 0 Å². The highest BCUT2D eigenvalue weighted by molar-refractivity contribution is 7.16. The Morgan fingerprint density at radius 2 is 1.90 bits per heavy atom. The van der Waals surface area contributed by atoms with Gasteiger partial charge in [0.05, 0.1) is 0 Å². The molecule has 2 aliphatic rings. The van der Waals surface area contributed by atoms with E-state index in [1.807, 2.05) is 4.52 Å². The first-order valence-corrected chi connectivity index (χ1v) is 9.10. The Balaban J connectivity index is 1.65. The third-order valence-corrected chi connectivity index (χ3v) is 6.31. The lowest BCUT2D eigenvalue weighted by atomic mass is 9.89. The number of hydrogen-bond donors (Lipinski definition) is 1. The summed E-state index contributed by atoms with van der Waals surface area (Å²) in [6.45, 7) is 0.778. The molecule has 2 aromatic heterocycles. The third-order valence-electron chi connectivity index (χ3n) is 5.28. The number of fused-ring (bicyclic) bond motifs is 1. The van der Waals surface area contributed by atoms with Crippen molar-refractivity contribution in [3.63, 3.8) is 0 Å². The van der Waals surface area contributed by atoms with Crippen LogP contribution >= 0.6 is 11.3 Å². The maximum Gasteiger partial charge on any atom is 0.234 e. The molecule has 114 valence electrons. The van der Waals surface area contributed by atoms with Gasteiger partial charge in [0, 0.05) is 11.8 Å². The normalized spacial score (nSPS) is 27.7. The van der Waals surface area contributed by atoms with Gasteiger partial charge in [-0.25, -0.2) is 0 Å². The number of hydrogen-bond acceptors (Lipinski definition) is 5. The lowest BCUT2D eigenvalue weighted by molar-refractivity contribution is 0.421. The molecule has 2 atom stereocenters. The van der Waals surface area contributed by atoms with E-state index in [1.165, 1.54) is 56.4 Å². The Morgan fingerprint density at radius 1 is 1.05 bits per heavy atom. The molecule has 6 heteroatoms. The molecule has 2 heterocycles. The lowest BCUT2D eigenvalue weighted by Gasteiger charge is -2.19. The molecule has 21 heavy (non-hydrogen) atoms. The average molecular weight is 305 g/mol. The molecule has 0 bridgehead atoms. The van der Waals surface area contributed by atoms with Crippen molar-refractivity contribution in [1.82, 2.24) is 19.8 Å². The zero-order valence-corrected chi connectivity index (χ0v) is 13.2. The van der Waals surface area contributed by atoms with Crippen LogP contribution in [0.2, 0.25) is 0 Å². The minimum Gasteiger partial charge on any atom is -0.330 e. The van der Waals surface area contributed by atoms with Crippen LogP contribution in [0.1, 0.15) is 74.0 Å². The zero-order chi connectivity index (χ0) is 14.2. The second-order valence-corrected chi connectivity index (χ2v) is 7.55. The zero-order valence-electron chi connectivity index (χ0n) is 12.4. The number of nitrogens with two attached hydrogens (primary N) is 1. The molecule has 5 nitrogen and oxygen atoms in total. The quantitative estimate of drug-likeness (QED) is 0.946. The monoisotopic (exact) mass is 305 g/mol. The molecule has 0 spiro atoms. The second-order valence-electron chi connectivity index (χ2n) is 6.56. The van der Waals surface area contributed by atoms with E-state index in [0.717, 1.165) is 17.3 Å². The molecule has 2 unspecified atom stereocenters. The van der Waals surface area contributed by atoms with E-state index >= 15 is 0 Å². The molecule has 2 fully saturated rings. The average Bonchev–Trinajstić information content (AvgIpc) is 3.22. The maximum atomic E-state index is 5.92.